The average molecular weight is 373 g/mol. The Kier molecular flexibility index (Phi) is 6.05. The highest BCUT2D eigenvalue weighted by molar-refractivity contribution is 6.03. The molecule has 8 nitrogen and oxygen atoms in total. The molecule has 1 aliphatic carbocycles. The van der Waals surface area contributed by atoms with E-state index in [0.717, 1.165) is 36.3 Å². The quantitative estimate of drug-likeness (QED) is 0.444. The van der Waals surface area contributed by atoms with Gasteiger partial charge >= 0.3 is 5.97 Å². The summed E-state index contributed by atoms with van der Waals surface area (Å²) in [6, 6.07) is 5.92. The number of fused-ring (bicyclic) bond motifs is 1. The van der Waals surface area contributed by atoms with Crippen molar-refractivity contribution in [1.82, 2.24) is 10.5 Å². The SMILES string of the molecule is CN/N=C1\CCCc2cc(OCCCC(=O)ON3C(=O)CCC3=O)ccc21. The molecule has 2 aliphatic rings. The van der Waals surface area contributed by atoms with Crippen LogP contribution >= 0.6 is 0 Å². The van der Waals surface area contributed by atoms with Gasteiger partial charge in [0.05, 0.1) is 18.7 Å². The number of nitrogens with one attached hydrogen (secondary N) is 1. The van der Waals surface area contributed by atoms with E-state index >= 15 is 0 Å². The van der Waals surface area contributed by atoms with E-state index < -0.39 is 17.8 Å². The molecule has 0 unspecified atom stereocenters. The zero-order valence-electron chi connectivity index (χ0n) is 15.3. The maximum absolute atomic E-state index is 11.7. The number of carbonyl (C=O) groups is 3. The normalized spacial score (nSPS) is 17.8. The van der Waals surface area contributed by atoms with E-state index in [4.69, 9.17) is 9.57 Å². The first-order chi connectivity index (χ1) is 13.1. The van der Waals surface area contributed by atoms with Gasteiger partial charge in [-0.3, -0.25) is 9.59 Å². The van der Waals surface area contributed by atoms with Crippen LogP contribution in [0.1, 0.15) is 49.7 Å². The minimum Gasteiger partial charge on any atom is -0.494 e. The van der Waals surface area contributed by atoms with Crippen molar-refractivity contribution in [3.05, 3.63) is 29.3 Å². The molecule has 0 aromatic heterocycles. The third-order valence-electron chi connectivity index (χ3n) is 4.49. The molecular weight excluding hydrogens is 350 g/mol. The fraction of sp³-hybridized carbons (Fsp3) is 0.474. The lowest BCUT2D eigenvalue weighted by atomic mass is 9.90. The molecule has 0 atom stereocenters. The number of imide groups is 1. The van der Waals surface area contributed by atoms with Crippen LogP contribution in [-0.4, -0.2) is 42.2 Å². The van der Waals surface area contributed by atoms with E-state index in [2.05, 4.69) is 10.5 Å². The van der Waals surface area contributed by atoms with Gasteiger partial charge in [-0.2, -0.15) is 5.10 Å². The van der Waals surface area contributed by atoms with Crippen LogP contribution in [0.2, 0.25) is 0 Å². The summed E-state index contributed by atoms with van der Waals surface area (Å²) < 4.78 is 5.72. The number of hydrogen-bond acceptors (Lipinski definition) is 7. The number of nitrogens with zero attached hydrogens (tertiary/aromatic N) is 2. The lowest BCUT2D eigenvalue weighted by Gasteiger charge is -2.19. The second-order valence-electron chi connectivity index (χ2n) is 6.45. The molecule has 3 rings (SSSR count). The summed E-state index contributed by atoms with van der Waals surface area (Å²) in [5, 5.41) is 4.89. The van der Waals surface area contributed by atoms with Gasteiger partial charge in [0.1, 0.15) is 5.75 Å². The summed E-state index contributed by atoms with van der Waals surface area (Å²) in [5.41, 5.74) is 6.25. The standard InChI is InChI=1S/C19H23N3O5/c1-20-21-16-5-2-4-13-12-14(7-8-15(13)16)26-11-3-6-19(25)27-22-17(23)9-10-18(22)24/h7-8,12,20H,2-6,9-11H2,1H3/b21-16+. The van der Waals surface area contributed by atoms with Gasteiger partial charge in [-0.1, -0.05) is 0 Å². The van der Waals surface area contributed by atoms with Crippen molar-refractivity contribution in [3.8, 4) is 5.75 Å². The van der Waals surface area contributed by atoms with Crippen LogP contribution in [0, 0.1) is 0 Å². The first kappa shape index (κ1) is 18.9. The molecule has 1 heterocycles. The minimum absolute atomic E-state index is 0.0704. The topological polar surface area (TPSA) is 97.3 Å². The van der Waals surface area contributed by atoms with Gasteiger partial charge in [0.15, 0.2) is 0 Å². The van der Waals surface area contributed by atoms with Crippen LogP contribution in [0.15, 0.2) is 23.3 Å². The Morgan fingerprint density at radius 3 is 2.70 bits per heavy atom. The van der Waals surface area contributed by atoms with Crippen molar-refractivity contribution in [1.29, 1.82) is 0 Å². The maximum Gasteiger partial charge on any atom is 0.333 e. The fourth-order valence-corrected chi connectivity index (χ4v) is 3.19. The first-order valence-corrected chi connectivity index (χ1v) is 9.14. The van der Waals surface area contributed by atoms with Crippen molar-refractivity contribution >= 4 is 23.5 Å². The number of benzene rings is 1. The van der Waals surface area contributed by atoms with Crippen molar-refractivity contribution in [3.63, 3.8) is 0 Å². The molecule has 1 saturated heterocycles. The van der Waals surface area contributed by atoms with Crippen molar-refractivity contribution < 1.29 is 24.0 Å². The summed E-state index contributed by atoms with van der Waals surface area (Å²) in [6.07, 6.45) is 3.68. The van der Waals surface area contributed by atoms with Gasteiger partial charge < -0.3 is 15.0 Å². The number of rotatable bonds is 7. The molecule has 1 aliphatic heterocycles. The van der Waals surface area contributed by atoms with E-state index in [1.54, 1.807) is 7.05 Å². The number of aryl methyl sites for hydroxylation is 1. The number of hydrogen-bond donors (Lipinski definition) is 1. The lowest BCUT2D eigenvalue weighted by Crippen LogP contribution is -2.32. The highest BCUT2D eigenvalue weighted by atomic mass is 16.7. The molecule has 1 aromatic carbocycles. The number of amides is 2. The summed E-state index contributed by atoms with van der Waals surface area (Å²) in [4.78, 5) is 39.4. The fourth-order valence-electron chi connectivity index (χ4n) is 3.19. The van der Waals surface area contributed by atoms with Gasteiger partial charge in [-0.05, 0) is 49.4 Å². The first-order valence-electron chi connectivity index (χ1n) is 9.14. The van der Waals surface area contributed by atoms with E-state index in [0.29, 0.717) is 18.1 Å². The summed E-state index contributed by atoms with van der Waals surface area (Å²) in [6.45, 7) is 0.341. The molecule has 2 amide bonds. The van der Waals surface area contributed by atoms with Gasteiger partial charge in [0, 0.05) is 25.5 Å². The number of hydroxylamine groups is 2. The zero-order valence-corrected chi connectivity index (χ0v) is 15.3. The number of ether oxygens (including phenoxy) is 1. The Labute approximate surface area is 157 Å². The molecule has 1 aromatic rings. The van der Waals surface area contributed by atoms with Crippen molar-refractivity contribution in [2.24, 2.45) is 5.10 Å². The molecule has 1 fully saturated rings. The van der Waals surface area contributed by atoms with Crippen LogP contribution in [-0.2, 0) is 25.6 Å². The van der Waals surface area contributed by atoms with Crippen LogP contribution in [0.3, 0.4) is 0 Å². The Bertz CT molecular complexity index is 759. The third kappa shape index (κ3) is 4.64. The van der Waals surface area contributed by atoms with Crippen LogP contribution in [0.25, 0.3) is 0 Å². The monoisotopic (exact) mass is 373 g/mol. The van der Waals surface area contributed by atoms with Crippen molar-refractivity contribution in [2.75, 3.05) is 13.7 Å². The molecule has 0 spiro atoms. The second-order valence-corrected chi connectivity index (χ2v) is 6.45. The van der Waals surface area contributed by atoms with E-state index in [1.807, 2.05) is 18.2 Å². The number of carbonyl (C=O) groups excluding carboxylic acids is 3. The summed E-state index contributed by atoms with van der Waals surface area (Å²) in [5.74, 6) is -0.807. The highest BCUT2D eigenvalue weighted by Gasteiger charge is 2.32. The van der Waals surface area contributed by atoms with Gasteiger partial charge in [0.2, 0.25) is 0 Å². The lowest BCUT2D eigenvalue weighted by molar-refractivity contribution is -0.197. The Balaban J connectivity index is 1.45. The number of hydrazone groups is 1. The van der Waals surface area contributed by atoms with Gasteiger partial charge in [-0.15, -0.1) is 5.06 Å². The Hall–Kier alpha value is -2.90. The minimum atomic E-state index is -0.611. The van der Waals surface area contributed by atoms with E-state index in [-0.39, 0.29) is 19.3 Å². The molecule has 1 N–H and O–H groups in total. The smallest absolute Gasteiger partial charge is 0.333 e. The van der Waals surface area contributed by atoms with E-state index in [9.17, 15) is 14.4 Å². The molecule has 27 heavy (non-hydrogen) atoms. The molecule has 144 valence electrons. The molecular formula is C19H23N3O5. The Morgan fingerprint density at radius 2 is 1.96 bits per heavy atom. The largest absolute Gasteiger partial charge is 0.494 e. The molecule has 0 saturated carbocycles. The van der Waals surface area contributed by atoms with E-state index in [1.165, 1.54) is 5.56 Å². The molecule has 8 heteroatoms. The summed E-state index contributed by atoms with van der Waals surface area (Å²) in [7, 11) is 1.79. The van der Waals surface area contributed by atoms with Crippen LogP contribution in [0.5, 0.6) is 5.75 Å². The van der Waals surface area contributed by atoms with Crippen LogP contribution in [0.4, 0.5) is 0 Å². The zero-order chi connectivity index (χ0) is 19.2. The predicted octanol–water partition coefficient (Wildman–Crippen LogP) is 1.71. The van der Waals surface area contributed by atoms with Crippen molar-refractivity contribution in [2.45, 2.75) is 44.9 Å². The maximum atomic E-state index is 11.7. The highest BCUT2D eigenvalue weighted by Crippen LogP contribution is 2.26. The third-order valence-corrected chi connectivity index (χ3v) is 4.49. The average Bonchev–Trinajstić information content (AvgIpc) is 2.97. The summed E-state index contributed by atoms with van der Waals surface area (Å²) >= 11 is 0. The van der Waals surface area contributed by atoms with Crippen LogP contribution < -0.4 is 10.2 Å². The second kappa shape index (κ2) is 8.66. The van der Waals surface area contributed by atoms with Gasteiger partial charge in [-0.25, -0.2) is 4.79 Å². The molecule has 0 radical (unpaired) electrons. The molecule has 0 bridgehead atoms. The predicted molar refractivity (Wildman–Crippen MR) is 96.9 cm³/mol. The Morgan fingerprint density at radius 1 is 1.19 bits per heavy atom. The van der Waals surface area contributed by atoms with Gasteiger partial charge in [0.25, 0.3) is 11.8 Å².